The summed E-state index contributed by atoms with van der Waals surface area (Å²) >= 11 is 10.6. The molecule has 7 rings (SSSR count). The Hall–Kier alpha value is -3.74. The minimum Gasteiger partial charge on any atom is -0.302 e. The zero-order valence-electron chi connectivity index (χ0n) is 23.0. The molecule has 1 aliphatic heterocycles. The van der Waals surface area contributed by atoms with Gasteiger partial charge in [-0.2, -0.15) is 5.26 Å². The largest absolute Gasteiger partial charge is 0.302 e. The lowest BCUT2D eigenvalue weighted by Crippen LogP contribution is -2.24. The van der Waals surface area contributed by atoms with Crippen LogP contribution >= 0.6 is 46.5 Å². The molecule has 212 valence electrons. The molecule has 0 spiro atoms. The molecule has 0 amide bonds. The number of nitrogens with zero attached hydrogens (tertiary/aromatic N) is 4. The van der Waals surface area contributed by atoms with Crippen molar-refractivity contribution in [3.05, 3.63) is 137 Å². The topological polar surface area (TPSA) is 61.9 Å². The second-order valence-electron chi connectivity index (χ2n) is 10.3. The predicted octanol–water partition coefficient (Wildman–Crippen LogP) is 9.08. The molecule has 0 atom stereocenters. The van der Waals surface area contributed by atoms with Gasteiger partial charge in [0.05, 0.1) is 17.6 Å². The van der Waals surface area contributed by atoms with Gasteiger partial charge in [0.1, 0.15) is 20.8 Å². The molecule has 0 radical (unpaired) electrons. The van der Waals surface area contributed by atoms with E-state index in [-0.39, 0.29) is 5.56 Å². The Labute approximate surface area is 267 Å². The zero-order valence-corrected chi connectivity index (χ0v) is 26.2. The van der Waals surface area contributed by atoms with Gasteiger partial charge in [-0.15, -0.1) is 11.3 Å². The van der Waals surface area contributed by atoms with Crippen molar-refractivity contribution >= 4 is 68.1 Å². The van der Waals surface area contributed by atoms with Crippen molar-refractivity contribution in [2.24, 2.45) is 0 Å². The molecule has 0 unspecified atom stereocenters. The third-order valence-corrected chi connectivity index (χ3v) is 11.1. The molecule has 3 aromatic carbocycles. The van der Waals surface area contributed by atoms with E-state index in [4.69, 9.17) is 16.6 Å². The van der Waals surface area contributed by atoms with E-state index in [9.17, 15) is 10.1 Å². The Bertz CT molecular complexity index is 1990. The number of thiophene rings is 1. The highest BCUT2D eigenvalue weighted by Crippen LogP contribution is 2.47. The summed E-state index contributed by atoms with van der Waals surface area (Å²) in [6, 6.07) is 30.1. The molecular weight excluding hydrogens is 612 g/mol. The molecule has 2 aliphatic rings. The van der Waals surface area contributed by atoms with E-state index < -0.39 is 0 Å². The highest BCUT2D eigenvalue weighted by atomic mass is 35.5. The van der Waals surface area contributed by atoms with Crippen molar-refractivity contribution in [3.63, 3.8) is 0 Å². The maximum Gasteiger partial charge on any atom is 0.263 e. The molecule has 2 aromatic heterocycles. The van der Waals surface area contributed by atoms with Gasteiger partial charge in [-0.3, -0.25) is 9.36 Å². The number of anilines is 1. The molecule has 43 heavy (non-hydrogen) atoms. The van der Waals surface area contributed by atoms with Gasteiger partial charge >= 0.3 is 0 Å². The van der Waals surface area contributed by atoms with E-state index in [0.717, 1.165) is 63.4 Å². The Morgan fingerprint density at radius 2 is 1.70 bits per heavy atom. The van der Waals surface area contributed by atoms with Crippen molar-refractivity contribution in [3.8, 4) is 6.07 Å². The lowest BCUT2D eigenvalue weighted by atomic mass is 9.97. The fraction of sp³-hybridized carbons (Fsp3) is 0.147. The third kappa shape index (κ3) is 5.43. The number of fused-ring (bicyclic) bond motifs is 3. The Morgan fingerprint density at radius 3 is 2.44 bits per heavy atom. The molecule has 0 N–H and O–H groups in total. The Balaban J connectivity index is 1.37. The number of benzene rings is 3. The van der Waals surface area contributed by atoms with Crippen LogP contribution in [0.15, 0.2) is 110 Å². The molecule has 0 bridgehead atoms. The summed E-state index contributed by atoms with van der Waals surface area (Å²) in [5, 5.41) is 15.4. The van der Waals surface area contributed by atoms with Crippen molar-refractivity contribution < 1.29 is 0 Å². The second kappa shape index (κ2) is 12.1. The Morgan fingerprint density at radius 1 is 0.977 bits per heavy atom. The van der Waals surface area contributed by atoms with E-state index in [0.29, 0.717) is 21.6 Å². The normalized spacial score (nSPS) is 15.7. The number of rotatable bonds is 6. The average Bonchev–Trinajstić information content (AvgIpc) is 3.65. The van der Waals surface area contributed by atoms with E-state index in [1.165, 1.54) is 34.0 Å². The van der Waals surface area contributed by atoms with Crippen molar-refractivity contribution in [2.75, 3.05) is 4.90 Å². The summed E-state index contributed by atoms with van der Waals surface area (Å²) in [4.78, 5) is 23.9. The van der Waals surface area contributed by atoms with Crippen molar-refractivity contribution in [1.29, 1.82) is 5.26 Å². The van der Waals surface area contributed by atoms with Gasteiger partial charge in [-0.25, -0.2) is 4.98 Å². The van der Waals surface area contributed by atoms with E-state index in [1.807, 2.05) is 84.9 Å². The van der Waals surface area contributed by atoms with Gasteiger partial charge in [0, 0.05) is 21.0 Å². The van der Waals surface area contributed by atoms with Crippen LogP contribution in [0.5, 0.6) is 0 Å². The standard InChI is InChI=1S/C34H25ClN4OS3/c35-24-17-15-23(16-18-24)27-21-41-33(39(27)25-11-5-2-6-12-25)29(19-36)43-34-37-31-30(26-13-7-8-14-28(26)42-31)32(40)38(34)20-22-9-3-1-4-10-22/h1-6,9-12,15-18,21H,7-8,13-14,20H2/b33-29-. The zero-order chi connectivity index (χ0) is 29.3. The maximum absolute atomic E-state index is 14.2. The van der Waals surface area contributed by atoms with Crippen LogP contribution in [0.2, 0.25) is 5.02 Å². The van der Waals surface area contributed by atoms with Crippen LogP contribution in [0.1, 0.15) is 34.4 Å². The molecule has 3 heterocycles. The first kappa shape index (κ1) is 28.1. The molecule has 0 saturated carbocycles. The summed E-state index contributed by atoms with van der Waals surface area (Å²) in [7, 11) is 0. The first-order chi connectivity index (χ1) is 21.1. The SMILES string of the molecule is N#C/C(Sc1nc2sc3c(c2c(=O)n1Cc1ccccc1)CCCC3)=C1/SC=C(c2ccc(Cl)cc2)N1c1ccccc1. The number of hydrogen-bond donors (Lipinski definition) is 0. The molecule has 5 aromatic rings. The van der Waals surface area contributed by atoms with E-state index in [1.54, 1.807) is 15.9 Å². The molecule has 5 nitrogen and oxygen atoms in total. The van der Waals surface area contributed by atoms with Crippen molar-refractivity contribution in [1.82, 2.24) is 9.55 Å². The summed E-state index contributed by atoms with van der Waals surface area (Å²) in [5.74, 6) is 0. The van der Waals surface area contributed by atoms with Gasteiger partial charge in [0.25, 0.3) is 5.56 Å². The number of allylic oxidation sites excluding steroid dienone is 1. The second-order valence-corrected chi connectivity index (χ2v) is 13.7. The molecule has 0 saturated heterocycles. The van der Waals surface area contributed by atoms with Crippen LogP contribution in [0.4, 0.5) is 5.69 Å². The monoisotopic (exact) mass is 636 g/mol. The molecular formula is C34H25ClN4OS3. The number of thioether (sulfide) groups is 2. The first-order valence-electron chi connectivity index (χ1n) is 14.0. The van der Waals surface area contributed by atoms with Crippen LogP contribution in [0.25, 0.3) is 15.9 Å². The van der Waals surface area contributed by atoms with Gasteiger partial charge in [0.2, 0.25) is 0 Å². The van der Waals surface area contributed by atoms with Crippen LogP contribution in [0, 0.1) is 11.3 Å². The lowest BCUT2D eigenvalue weighted by Gasteiger charge is -2.25. The minimum absolute atomic E-state index is 0.0305. The molecule has 9 heteroatoms. The van der Waals surface area contributed by atoms with E-state index in [2.05, 4.69) is 16.4 Å². The van der Waals surface area contributed by atoms with Gasteiger partial charge in [-0.05, 0) is 78.4 Å². The van der Waals surface area contributed by atoms with Gasteiger partial charge in [0.15, 0.2) is 5.16 Å². The van der Waals surface area contributed by atoms with Gasteiger partial charge < -0.3 is 4.90 Å². The smallest absolute Gasteiger partial charge is 0.263 e. The quantitative estimate of drug-likeness (QED) is 0.105. The predicted molar refractivity (Wildman–Crippen MR) is 181 cm³/mol. The van der Waals surface area contributed by atoms with Crippen LogP contribution in [0.3, 0.4) is 0 Å². The van der Waals surface area contributed by atoms with Crippen molar-refractivity contribution in [2.45, 2.75) is 37.4 Å². The average molecular weight is 637 g/mol. The maximum atomic E-state index is 14.2. The van der Waals surface area contributed by atoms with Crippen LogP contribution in [-0.2, 0) is 19.4 Å². The summed E-state index contributed by atoms with van der Waals surface area (Å²) in [6.07, 6.45) is 4.14. The number of aryl methyl sites for hydroxylation is 2. The number of aromatic nitrogens is 2. The minimum atomic E-state index is -0.0305. The highest BCUT2D eigenvalue weighted by Gasteiger charge is 2.29. The fourth-order valence-corrected chi connectivity index (χ4v) is 8.97. The fourth-order valence-electron chi connectivity index (χ4n) is 5.54. The summed E-state index contributed by atoms with van der Waals surface area (Å²) in [6.45, 7) is 0.382. The highest BCUT2D eigenvalue weighted by molar-refractivity contribution is 8.09. The molecule has 1 aliphatic carbocycles. The Kier molecular flexibility index (Phi) is 7.89. The third-order valence-electron chi connectivity index (χ3n) is 7.59. The van der Waals surface area contributed by atoms with Gasteiger partial charge in [-0.1, -0.05) is 84.0 Å². The number of halogens is 1. The number of para-hydroxylation sites is 1. The first-order valence-corrected chi connectivity index (χ1v) is 16.9. The molecule has 0 fully saturated rings. The summed E-state index contributed by atoms with van der Waals surface area (Å²) < 4.78 is 1.75. The number of hydrogen-bond acceptors (Lipinski definition) is 7. The van der Waals surface area contributed by atoms with E-state index >= 15 is 0 Å². The van der Waals surface area contributed by atoms with Crippen LogP contribution < -0.4 is 10.5 Å². The number of nitriles is 1. The van der Waals surface area contributed by atoms with Crippen LogP contribution in [-0.4, -0.2) is 9.55 Å². The summed E-state index contributed by atoms with van der Waals surface area (Å²) in [5.41, 5.74) is 5.02. The lowest BCUT2D eigenvalue weighted by molar-refractivity contribution is 0.657.